The van der Waals surface area contributed by atoms with Crippen molar-refractivity contribution in [2.75, 3.05) is 19.6 Å². The van der Waals surface area contributed by atoms with Gasteiger partial charge in [-0.3, -0.25) is 0 Å². The summed E-state index contributed by atoms with van der Waals surface area (Å²) in [7, 11) is 0. The van der Waals surface area contributed by atoms with Crippen LogP contribution in [-0.2, 0) is 0 Å². The van der Waals surface area contributed by atoms with Crippen molar-refractivity contribution in [1.29, 1.82) is 0 Å². The van der Waals surface area contributed by atoms with E-state index in [9.17, 15) is 0 Å². The molecule has 0 radical (unpaired) electrons. The van der Waals surface area contributed by atoms with E-state index >= 15 is 0 Å². The van der Waals surface area contributed by atoms with Crippen LogP contribution in [0.15, 0.2) is 28.9 Å². The number of hydrogen-bond acceptors (Lipinski definition) is 2. The first kappa shape index (κ1) is 25.1. The highest BCUT2D eigenvalue weighted by atomic mass is 79.9. The summed E-state index contributed by atoms with van der Waals surface area (Å²) in [4.78, 5) is 0. The molecule has 0 bridgehead atoms. The van der Waals surface area contributed by atoms with Gasteiger partial charge in [-0.2, -0.15) is 0 Å². The fourth-order valence-electron chi connectivity index (χ4n) is 6.00. The molecule has 5 heteroatoms. The lowest BCUT2D eigenvalue weighted by molar-refractivity contribution is 0.292. The van der Waals surface area contributed by atoms with Crippen molar-refractivity contribution in [3.8, 4) is 0 Å². The number of fused-ring (bicyclic) bond motifs is 1. The lowest BCUT2D eigenvalue weighted by Gasteiger charge is -2.31. The summed E-state index contributed by atoms with van der Waals surface area (Å²) in [5.74, 6) is 1.50. The van der Waals surface area contributed by atoms with Crippen LogP contribution in [0.3, 0.4) is 0 Å². The molecule has 1 heterocycles. The molecule has 2 fully saturated rings. The van der Waals surface area contributed by atoms with Gasteiger partial charge in [-0.25, -0.2) is 0 Å². The molecule has 4 rings (SSSR count). The molecular weight excluding hydrogens is 470 g/mol. The van der Waals surface area contributed by atoms with Gasteiger partial charge >= 0.3 is 0 Å². The summed E-state index contributed by atoms with van der Waals surface area (Å²) in [6.45, 7) is 2.93. The number of nitrogens with two attached hydrogens (primary N) is 1. The van der Waals surface area contributed by atoms with Crippen LogP contribution in [0.1, 0.15) is 94.6 Å². The molecule has 174 valence electrons. The van der Waals surface area contributed by atoms with Crippen LogP contribution < -0.4 is 11.1 Å². The van der Waals surface area contributed by atoms with E-state index in [-0.39, 0.29) is 12.4 Å². The second kappa shape index (κ2) is 12.6. The number of halogens is 2. The monoisotopic (exact) mass is 509 g/mol. The highest BCUT2D eigenvalue weighted by Crippen LogP contribution is 2.43. The Morgan fingerprint density at radius 2 is 1.71 bits per heavy atom. The maximum absolute atomic E-state index is 5.68. The van der Waals surface area contributed by atoms with Gasteiger partial charge in [0.15, 0.2) is 0 Å². The minimum Gasteiger partial charge on any atom is -0.344 e. The van der Waals surface area contributed by atoms with Gasteiger partial charge in [-0.15, -0.1) is 12.4 Å². The first-order valence-corrected chi connectivity index (χ1v) is 13.3. The minimum atomic E-state index is 0. The van der Waals surface area contributed by atoms with Gasteiger partial charge < -0.3 is 15.6 Å². The van der Waals surface area contributed by atoms with Crippen molar-refractivity contribution in [1.82, 2.24) is 9.88 Å². The van der Waals surface area contributed by atoms with E-state index < -0.39 is 0 Å². The first-order chi connectivity index (χ1) is 14.8. The topological polar surface area (TPSA) is 43.0 Å². The van der Waals surface area contributed by atoms with E-state index in [0.29, 0.717) is 12.0 Å². The number of benzene rings is 1. The van der Waals surface area contributed by atoms with Crippen LogP contribution >= 0.6 is 28.3 Å². The SMILES string of the molecule is Cl.NCCCNCCC(c1cn(C2CCCCC2)c2ccc(Br)cc12)C1CCCCC1. The summed E-state index contributed by atoms with van der Waals surface area (Å²) in [5.41, 5.74) is 8.75. The van der Waals surface area contributed by atoms with Gasteiger partial charge in [-0.1, -0.05) is 54.5 Å². The highest BCUT2D eigenvalue weighted by molar-refractivity contribution is 9.10. The van der Waals surface area contributed by atoms with Gasteiger partial charge in [0.1, 0.15) is 0 Å². The molecule has 2 aliphatic carbocycles. The van der Waals surface area contributed by atoms with Crippen molar-refractivity contribution in [3.63, 3.8) is 0 Å². The van der Waals surface area contributed by atoms with Gasteiger partial charge in [0, 0.05) is 27.6 Å². The molecule has 1 unspecified atom stereocenters. The normalized spacial score (nSPS) is 19.4. The van der Waals surface area contributed by atoms with Crippen molar-refractivity contribution in [2.24, 2.45) is 11.7 Å². The Hall–Kier alpha value is -0.550. The zero-order chi connectivity index (χ0) is 20.8. The number of nitrogens with one attached hydrogen (secondary N) is 1. The molecule has 31 heavy (non-hydrogen) atoms. The standard InChI is InChI=1S/C26H40BrN3.ClH/c27-21-12-13-26-24(18-21)25(19-30(26)22-10-5-2-6-11-22)23(14-17-29-16-7-15-28)20-8-3-1-4-9-20;/h12-13,18-20,22-23,29H,1-11,14-17,28H2;1H. The molecular formula is C26H41BrClN3. The fraction of sp³-hybridized carbons (Fsp3) is 0.692. The first-order valence-electron chi connectivity index (χ1n) is 12.5. The minimum absolute atomic E-state index is 0. The van der Waals surface area contributed by atoms with E-state index in [1.165, 1.54) is 86.0 Å². The largest absolute Gasteiger partial charge is 0.344 e. The fourth-order valence-corrected chi connectivity index (χ4v) is 6.36. The summed E-state index contributed by atoms with van der Waals surface area (Å²) < 4.78 is 3.87. The van der Waals surface area contributed by atoms with Crippen LogP contribution in [0, 0.1) is 5.92 Å². The van der Waals surface area contributed by atoms with Gasteiger partial charge in [0.05, 0.1) is 0 Å². The molecule has 0 saturated heterocycles. The van der Waals surface area contributed by atoms with Crippen LogP contribution in [0.25, 0.3) is 10.9 Å². The van der Waals surface area contributed by atoms with Crippen LogP contribution in [-0.4, -0.2) is 24.2 Å². The lowest BCUT2D eigenvalue weighted by Crippen LogP contribution is -2.24. The van der Waals surface area contributed by atoms with E-state index in [0.717, 1.165) is 32.0 Å². The van der Waals surface area contributed by atoms with E-state index in [4.69, 9.17) is 5.73 Å². The lowest BCUT2D eigenvalue weighted by atomic mass is 9.75. The average molecular weight is 511 g/mol. The Bertz CT molecular complexity index is 793. The zero-order valence-corrected chi connectivity index (χ0v) is 21.4. The maximum Gasteiger partial charge on any atom is 0.0486 e. The number of nitrogens with zero attached hydrogens (tertiary/aromatic N) is 1. The number of aromatic nitrogens is 1. The van der Waals surface area contributed by atoms with Gasteiger partial charge in [-0.05, 0) is 93.8 Å². The Labute approximate surface area is 203 Å². The summed E-state index contributed by atoms with van der Waals surface area (Å²) >= 11 is 3.76. The van der Waals surface area contributed by atoms with Gasteiger partial charge in [0.25, 0.3) is 0 Å². The van der Waals surface area contributed by atoms with E-state index in [1.54, 1.807) is 5.56 Å². The quantitative estimate of drug-likeness (QED) is 0.347. The third-order valence-corrected chi connectivity index (χ3v) is 8.10. The Balaban J connectivity index is 0.00000272. The molecule has 2 aromatic rings. The Kier molecular flexibility index (Phi) is 10.2. The third-order valence-electron chi connectivity index (χ3n) is 7.60. The van der Waals surface area contributed by atoms with Crippen LogP contribution in [0.2, 0.25) is 0 Å². The number of hydrogen-bond donors (Lipinski definition) is 2. The molecule has 0 spiro atoms. The van der Waals surface area contributed by atoms with Crippen molar-refractivity contribution in [2.45, 2.75) is 89.0 Å². The highest BCUT2D eigenvalue weighted by Gasteiger charge is 2.29. The molecule has 1 aromatic carbocycles. The second-order valence-corrected chi connectivity index (χ2v) is 10.5. The summed E-state index contributed by atoms with van der Waals surface area (Å²) in [6.07, 6.45) is 18.8. The van der Waals surface area contributed by atoms with Crippen molar-refractivity contribution < 1.29 is 0 Å². The molecule has 0 amide bonds. The molecule has 3 nitrogen and oxygen atoms in total. The Morgan fingerprint density at radius 1 is 1.00 bits per heavy atom. The van der Waals surface area contributed by atoms with Gasteiger partial charge in [0.2, 0.25) is 0 Å². The van der Waals surface area contributed by atoms with Crippen LogP contribution in [0.5, 0.6) is 0 Å². The average Bonchev–Trinajstić information content (AvgIpc) is 3.16. The second-order valence-electron chi connectivity index (χ2n) is 9.63. The Morgan fingerprint density at radius 3 is 2.42 bits per heavy atom. The molecule has 1 atom stereocenters. The van der Waals surface area contributed by atoms with E-state index in [2.05, 4.69) is 50.2 Å². The third kappa shape index (κ3) is 6.28. The molecule has 3 N–H and O–H groups in total. The van der Waals surface area contributed by atoms with Crippen molar-refractivity contribution >= 4 is 39.2 Å². The van der Waals surface area contributed by atoms with E-state index in [1.807, 2.05) is 0 Å². The summed E-state index contributed by atoms with van der Waals surface area (Å²) in [6, 6.07) is 7.66. The predicted molar refractivity (Wildman–Crippen MR) is 139 cm³/mol. The molecule has 0 aliphatic heterocycles. The van der Waals surface area contributed by atoms with Crippen LogP contribution in [0.4, 0.5) is 0 Å². The molecule has 2 aliphatic rings. The zero-order valence-electron chi connectivity index (χ0n) is 19.0. The maximum atomic E-state index is 5.68. The summed E-state index contributed by atoms with van der Waals surface area (Å²) in [5, 5.41) is 5.15. The molecule has 1 aromatic heterocycles. The predicted octanol–water partition coefficient (Wildman–Crippen LogP) is 7.32. The van der Waals surface area contributed by atoms with Crippen molar-refractivity contribution in [3.05, 3.63) is 34.4 Å². The molecule has 2 saturated carbocycles. The smallest absolute Gasteiger partial charge is 0.0486 e. The number of rotatable bonds is 9.